The second-order valence-electron chi connectivity index (χ2n) is 4.32. The van der Waals surface area contributed by atoms with Gasteiger partial charge in [-0.15, -0.1) is 0 Å². The first-order valence-electron chi connectivity index (χ1n) is 5.97. The lowest BCUT2D eigenvalue weighted by Gasteiger charge is -2.13. The Balaban J connectivity index is 2.46. The Hall–Kier alpha value is -2.12. The molecular weight excluding hydrogens is 294 g/mol. The van der Waals surface area contributed by atoms with E-state index in [0.29, 0.717) is 5.56 Å². The molecule has 8 heteroatoms. The van der Waals surface area contributed by atoms with Crippen molar-refractivity contribution >= 4 is 11.9 Å². The van der Waals surface area contributed by atoms with E-state index in [9.17, 15) is 27.2 Å². The van der Waals surface area contributed by atoms with Crippen molar-refractivity contribution < 1.29 is 31.9 Å². The zero-order valence-electron chi connectivity index (χ0n) is 11.0. The number of ether oxygens (including phenoxy) is 1. The lowest BCUT2D eigenvalue weighted by Crippen LogP contribution is -2.36. The van der Waals surface area contributed by atoms with E-state index >= 15 is 0 Å². The summed E-state index contributed by atoms with van der Waals surface area (Å²) in [5, 5.41) is 2.10. The van der Waals surface area contributed by atoms with Gasteiger partial charge in [-0.05, 0) is 11.6 Å². The lowest BCUT2D eigenvalue weighted by atomic mass is 10.0. The van der Waals surface area contributed by atoms with Crippen LogP contribution < -0.4 is 5.32 Å². The van der Waals surface area contributed by atoms with Crippen molar-refractivity contribution in [2.24, 2.45) is 0 Å². The second kappa shape index (κ2) is 7.05. The normalized spacial score (nSPS) is 12.6. The molecule has 1 amide bonds. The molecule has 116 valence electrons. The minimum Gasteiger partial charge on any atom is -0.449 e. The minimum absolute atomic E-state index is 0.110. The van der Waals surface area contributed by atoms with Crippen LogP contribution >= 0.6 is 0 Å². The first-order valence-corrected chi connectivity index (χ1v) is 5.97. The molecule has 0 radical (unpaired) electrons. The van der Waals surface area contributed by atoms with Gasteiger partial charge in [0.25, 0.3) is 0 Å². The second-order valence-corrected chi connectivity index (χ2v) is 4.32. The highest BCUT2D eigenvalue weighted by Gasteiger charge is 2.31. The SMILES string of the molecule is C[C@@H](CNC(=O)C(=O)OCC(F)(F)F)c1ccccc1F. The number of hydrogen-bond acceptors (Lipinski definition) is 3. The number of carbonyl (C=O) groups is 2. The maximum Gasteiger partial charge on any atom is 0.422 e. The fourth-order valence-electron chi connectivity index (χ4n) is 1.52. The molecule has 1 aromatic rings. The number of nitrogens with one attached hydrogen (secondary N) is 1. The summed E-state index contributed by atoms with van der Waals surface area (Å²) in [6.45, 7) is -0.344. The highest BCUT2D eigenvalue weighted by molar-refractivity contribution is 6.32. The Bertz CT molecular complexity index is 516. The van der Waals surface area contributed by atoms with Crippen LogP contribution in [0.1, 0.15) is 18.4 Å². The molecular formula is C13H13F4NO3. The number of amides is 1. The van der Waals surface area contributed by atoms with Crippen molar-refractivity contribution in [2.45, 2.75) is 19.0 Å². The quantitative estimate of drug-likeness (QED) is 0.527. The monoisotopic (exact) mass is 307 g/mol. The van der Waals surface area contributed by atoms with Crippen molar-refractivity contribution in [3.05, 3.63) is 35.6 Å². The standard InChI is InChI=1S/C13H13F4NO3/c1-8(9-4-2-3-5-10(9)14)6-18-11(19)12(20)21-7-13(15,16)17/h2-5,8H,6-7H2,1H3,(H,18,19)/t8-/m0/s1. The summed E-state index contributed by atoms with van der Waals surface area (Å²) in [6, 6.07) is 5.85. The molecule has 0 spiro atoms. The maximum absolute atomic E-state index is 13.4. The molecule has 4 nitrogen and oxygen atoms in total. The van der Waals surface area contributed by atoms with Crippen LogP contribution in [-0.4, -0.2) is 31.2 Å². The van der Waals surface area contributed by atoms with Gasteiger partial charge in [0.15, 0.2) is 6.61 Å². The van der Waals surface area contributed by atoms with Gasteiger partial charge in [-0.1, -0.05) is 25.1 Å². The molecule has 0 aliphatic heterocycles. The highest BCUT2D eigenvalue weighted by Crippen LogP contribution is 2.17. The van der Waals surface area contributed by atoms with Crippen LogP contribution in [0.3, 0.4) is 0 Å². The van der Waals surface area contributed by atoms with Crippen molar-refractivity contribution in [2.75, 3.05) is 13.2 Å². The smallest absolute Gasteiger partial charge is 0.422 e. The average molecular weight is 307 g/mol. The molecule has 0 aliphatic rings. The van der Waals surface area contributed by atoms with E-state index < -0.39 is 36.4 Å². The van der Waals surface area contributed by atoms with Gasteiger partial charge in [0.1, 0.15) is 5.82 Å². The number of halogens is 4. The molecule has 1 aromatic carbocycles. The Morgan fingerprint density at radius 1 is 1.29 bits per heavy atom. The Labute approximate surface area is 118 Å². The van der Waals surface area contributed by atoms with Crippen LogP contribution in [0.2, 0.25) is 0 Å². The molecule has 0 unspecified atom stereocenters. The van der Waals surface area contributed by atoms with Gasteiger partial charge < -0.3 is 10.1 Å². The summed E-state index contributed by atoms with van der Waals surface area (Å²) in [4.78, 5) is 22.2. The molecule has 0 bridgehead atoms. The highest BCUT2D eigenvalue weighted by atomic mass is 19.4. The molecule has 21 heavy (non-hydrogen) atoms. The number of alkyl halides is 3. The van der Waals surface area contributed by atoms with Crippen LogP contribution in [0, 0.1) is 5.82 Å². The topological polar surface area (TPSA) is 55.4 Å². The van der Waals surface area contributed by atoms with E-state index in [0.717, 1.165) is 0 Å². The Morgan fingerprint density at radius 3 is 2.48 bits per heavy atom. The molecule has 0 aromatic heterocycles. The largest absolute Gasteiger partial charge is 0.449 e. The third-order valence-electron chi connectivity index (χ3n) is 2.56. The maximum atomic E-state index is 13.4. The van der Waals surface area contributed by atoms with Gasteiger partial charge in [-0.2, -0.15) is 13.2 Å². The van der Waals surface area contributed by atoms with Crippen molar-refractivity contribution in [1.82, 2.24) is 5.32 Å². The minimum atomic E-state index is -4.70. The summed E-state index contributed by atoms with van der Waals surface area (Å²) in [7, 11) is 0. The number of rotatable bonds is 4. The molecule has 0 saturated carbocycles. The van der Waals surface area contributed by atoms with Crippen LogP contribution in [0.15, 0.2) is 24.3 Å². The summed E-state index contributed by atoms with van der Waals surface area (Å²) < 4.78 is 52.7. The van der Waals surface area contributed by atoms with E-state index in [4.69, 9.17) is 0 Å². The molecule has 0 fully saturated rings. The fourth-order valence-corrected chi connectivity index (χ4v) is 1.52. The molecule has 1 rings (SSSR count). The predicted octanol–water partition coefficient (Wildman–Crippen LogP) is 2.15. The first-order chi connectivity index (χ1) is 9.70. The number of esters is 1. The summed E-state index contributed by atoms with van der Waals surface area (Å²) in [5.74, 6) is -3.86. The van der Waals surface area contributed by atoms with Gasteiger partial charge in [0.05, 0.1) is 0 Å². The zero-order valence-corrected chi connectivity index (χ0v) is 11.0. The van der Waals surface area contributed by atoms with Crippen molar-refractivity contribution in [3.8, 4) is 0 Å². The van der Waals surface area contributed by atoms with Gasteiger partial charge in [-0.3, -0.25) is 4.79 Å². The summed E-state index contributed by atoms with van der Waals surface area (Å²) >= 11 is 0. The van der Waals surface area contributed by atoms with Crippen LogP contribution in [0.5, 0.6) is 0 Å². The molecule has 0 heterocycles. The van der Waals surface area contributed by atoms with Crippen molar-refractivity contribution in [3.63, 3.8) is 0 Å². The predicted molar refractivity (Wildman–Crippen MR) is 64.8 cm³/mol. The Kier molecular flexibility index (Phi) is 5.69. The van der Waals surface area contributed by atoms with Gasteiger partial charge >= 0.3 is 18.1 Å². The van der Waals surface area contributed by atoms with Gasteiger partial charge in [0.2, 0.25) is 0 Å². The van der Waals surface area contributed by atoms with E-state index in [-0.39, 0.29) is 6.54 Å². The molecule has 0 aliphatic carbocycles. The molecule has 1 atom stereocenters. The lowest BCUT2D eigenvalue weighted by molar-refractivity contribution is -0.187. The molecule has 1 N–H and O–H groups in total. The van der Waals surface area contributed by atoms with Crippen LogP contribution in [-0.2, 0) is 14.3 Å². The van der Waals surface area contributed by atoms with E-state index in [2.05, 4.69) is 10.1 Å². The number of benzene rings is 1. The van der Waals surface area contributed by atoms with E-state index in [1.54, 1.807) is 13.0 Å². The third kappa shape index (κ3) is 5.80. The number of carbonyl (C=O) groups excluding carboxylic acids is 2. The number of hydrogen-bond donors (Lipinski definition) is 1. The fraction of sp³-hybridized carbons (Fsp3) is 0.385. The van der Waals surface area contributed by atoms with Gasteiger partial charge in [-0.25, -0.2) is 9.18 Å². The third-order valence-corrected chi connectivity index (χ3v) is 2.56. The van der Waals surface area contributed by atoms with Crippen LogP contribution in [0.25, 0.3) is 0 Å². The van der Waals surface area contributed by atoms with Gasteiger partial charge in [0, 0.05) is 12.5 Å². The van der Waals surface area contributed by atoms with Crippen molar-refractivity contribution in [1.29, 1.82) is 0 Å². The van der Waals surface area contributed by atoms with E-state index in [1.165, 1.54) is 18.2 Å². The first kappa shape index (κ1) is 16.9. The summed E-state index contributed by atoms with van der Waals surface area (Å²) in [5.41, 5.74) is 0.321. The zero-order chi connectivity index (χ0) is 16.0. The average Bonchev–Trinajstić information content (AvgIpc) is 2.41. The van der Waals surface area contributed by atoms with Crippen LogP contribution in [0.4, 0.5) is 17.6 Å². The van der Waals surface area contributed by atoms with E-state index in [1.807, 2.05) is 0 Å². The Morgan fingerprint density at radius 2 is 1.90 bits per heavy atom. The molecule has 0 saturated heterocycles. The summed E-state index contributed by atoms with van der Waals surface area (Å²) in [6.07, 6.45) is -4.70.